The van der Waals surface area contributed by atoms with Crippen molar-refractivity contribution in [3.63, 3.8) is 0 Å². The third kappa shape index (κ3) is 1.94. The van der Waals surface area contributed by atoms with Crippen LogP contribution in [0.1, 0.15) is 27.2 Å². The second-order valence-corrected chi connectivity index (χ2v) is 6.18. The minimum Gasteiger partial charge on any atom is -0.480 e. The van der Waals surface area contributed by atoms with Crippen molar-refractivity contribution in [2.45, 2.75) is 44.4 Å². The number of hydrogen-bond acceptors (Lipinski definition) is 4. The molecule has 2 rings (SSSR count). The molecule has 2 aliphatic heterocycles. The molecule has 2 saturated heterocycles. The third-order valence-electron chi connectivity index (χ3n) is 3.69. The van der Waals surface area contributed by atoms with Gasteiger partial charge in [-0.3, -0.25) is 9.69 Å². The van der Waals surface area contributed by atoms with Crippen LogP contribution in [0.5, 0.6) is 0 Å². The van der Waals surface area contributed by atoms with Crippen LogP contribution >= 0.6 is 0 Å². The maximum absolute atomic E-state index is 12.0. The summed E-state index contributed by atoms with van der Waals surface area (Å²) in [5.74, 6) is -0.862. The highest BCUT2D eigenvalue weighted by Gasteiger charge is 2.59. The summed E-state index contributed by atoms with van der Waals surface area (Å²) in [6.45, 7) is 6.21. The highest BCUT2D eigenvalue weighted by atomic mass is 16.6. The van der Waals surface area contributed by atoms with Gasteiger partial charge in [0.1, 0.15) is 11.1 Å². The summed E-state index contributed by atoms with van der Waals surface area (Å²) >= 11 is 0. The summed E-state index contributed by atoms with van der Waals surface area (Å²) in [6.07, 6.45) is 0.0710. The highest BCUT2D eigenvalue weighted by molar-refractivity contribution is 5.83. The normalized spacial score (nSPS) is 31.8. The first-order valence-corrected chi connectivity index (χ1v) is 6.10. The Balaban J connectivity index is 2.12. The van der Waals surface area contributed by atoms with Gasteiger partial charge in [0.15, 0.2) is 0 Å². The van der Waals surface area contributed by atoms with Crippen LogP contribution in [0, 0.1) is 0 Å². The monoisotopic (exact) mass is 256 g/mol. The van der Waals surface area contributed by atoms with E-state index < -0.39 is 23.2 Å². The molecule has 2 bridgehead atoms. The molecule has 2 fully saturated rings. The predicted molar refractivity (Wildman–Crippen MR) is 64.3 cm³/mol. The average molecular weight is 256 g/mol. The van der Waals surface area contributed by atoms with Crippen molar-refractivity contribution in [3.05, 3.63) is 0 Å². The largest absolute Gasteiger partial charge is 0.480 e. The van der Waals surface area contributed by atoms with Gasteiger partial charge in [0.05, 0.1) is 12.6 Å². The van der Waals surface area contributed by atoms with Crippen LogP contribution in [0.3, 0.4) is 0 Å². The molecule has 1 amide bonds. The van der Waals surface area contributed by atoms with E-state index in [1.807, 2.05) is 4.90 Å². The second-order valence-electron chi connectivity index (χ2n) is 6.18. The summed E-state index contributed by atoms with van der Waals surface area (Å²) in [5.41, 5.74) is -1.48. The quantitative estimate of drug-likeness (QED) is 0.750. The number of carboxylic acid groups (broad SMARTS) is 1. The lowest BCUT2D eigenvalue weighted by molar-refractivity contribution is -0.149. The van der Waals surface area contributed by atoms with Gasteiger partial charge in [-0.2, -0.15) is 0 Å². The molecule has 2 atom stereocenters. The van der Waals surface area contributed by atoms with E-state index in [-0.39, 0.29) is 12.6 Å². The molecule has 0 radical (unpaired) electrons. The Morgan fingerprint density at radius 2 is 2.00 bits per heavy atom. The fourth-order valence-corrected chi connectivity index (χ4v) is 2.76. The second kappa shape index (κ2) is 3.85. The van der Waals surface area contributed by atoms with Crippen molar-refractivity contribution in [1.82, 2.24) is 9.80 Å². The zero-order valence-electron chi connectivity index (χ0n) is 11.3. The minimum absolute atomic E-state index is 0.0547. The van der Waals surface area contributed by atoms with E-state index in [4.69, 9.17) is 4.74 Å². The third-order valence-corrected chi connectivity index (χ3v) is 3.69. The number of aliphatic carboxylic acids is 1. The van der Waals surface area contributed by atoms with E-state index in [0.29, 0.717) is 13.0 Å². The van der Waals surface area contributed by atoms with Crippen molar-refractivity contribution in [2.24, 2.45) is 0 Å². The van der Waals surface area contributed by atoms with E-state index in [9.17, 15) is 14.7 Å². The van der Waals surface area contributed by atoms with E-state index in [0.717, 1.165) is 0 Å². The zero-order chi connectivity index (χ0) is 13.7. The summed E-state index contributed by atoms with van der Waals surface area (Å²) in [7, 11) is 1.79. The first-order chi connectivity index (χ1) is 8.16. The summed E-state index contributed by atoms with van der Waals surface area (Å²) in [5, 5.41) is 9.37. The summed E-state index contributed by atoms with van der Waals surface area (Å²) in [4.78, 5) is 26.8. The van der Waals surface area contributed by atoms with Gasteiger partial charge in [-0.05, 0) is 27.8 Å². The van der Waals surface area contributed by atoms with Gasteiger partial charge < -0.3 is 14.7 Å². The number of likely N-dealkylation sites (tertiary alicyclic amines) is 2. The van der Waals surface area contributed by atoms with Crippen LogP contribution in [0.25, 0.3) is 0 Å². The molecular formula is C12H20N2O4. The number of rotatable bonds is 1. The van der Waals surface area contributed by atoms with Crippen molar-refractivity contribution in [2.75, 3.05) is 20.1 Å². The Labute approximate surface area is 106 Å². The van der Waals surface area contributed by atoms with Gasteiger partial charge >= 0.3 is 12.1 Å². The molecular weight excluding hydrogens is 236 g/mol. The van der Waals surface area contributed by atoms with Crippen LogP contribution in [0.15, 0.2) is 0 Å². The maximum Gasteiger partial charge on any atom is 0.410 e. The van der Waals surface area contributed by atoms with E-state index in [1.165, 1.54) is 0 Å². The lowest BCUT2D eigenvalue weighted by Gasteiger charge is -2.37. The van der Waals surface area contributed by atoms with Crippen LogP contribution in [0.4, 0.5) is 4.79 Å². The van der Waals surface area contributed by atoms with Crippen molar-refractivity contribution in [3.8, 4) is 0 Å². The molecule has 0 aromatic heterocycles. The molecule has 1 N–H and O–H groups in total. The predicted octanol–water partition coefficient (Wildman–Crippen LogP) is 0.765. The standard InChI is InChI=1S/C12H20N2O4/c1-11(2,3)18-10(17)14-7-12(9(15)16)5-8(14)6-13(12)4/h8H,5-7H2,1-4H3,(H,15,16). The van der Waals surface area contributed by atoms with Crippen molar-refractivity contribution >= 4 is 12.1 Å². The number of likely N-dealkylation sites (N-methyl/N-ethyl adjacent to an activating group) is 1. The molecule has 2 unspecified atom stereocenters. The van der Waals surface area contributed by atoms with Gasteiger partial charge in [-0.25, -0.2) is 4.79 Å². The lowest BCUT2D eigenvalue weighted by atomic mass is 10.00. The highest BCUT2D eigenvalue weighted by Crippen LogP contribution is 2.39. The Morgan fingerprint density at radius 3 is 2.44 bits per heavy atom. The zero-order valence-corrected chi connectivity index (χ0v) is 11.3. The fourth-order valence-electron chi connectivity index (χ4n) is 2.76. The summed E-state index contributed by atoms with van der Waals surface area (Å²) < 4.78 is 5.31. The minimum atomic E-state index is -0.929. The number of carbonyl (C=O) groups excluding carboxylic acids is 1. The molecule has 0 aromatic carbocycles. The van der Waals surface area contributed by atoms with E-state index >= 15 is 0 Å². The molecule has 6 heteroatoms. The Bertz CT molecular complexity index is 390. The molecule has 2 heterocycles. The van der Waals surface area contributed by atoms with E-state index in [1.54, 1.807) is 32.7 Å². The topological polar surface area (TPSA) is 70.1 Å². The number of piperazine rings is 1. The smallest absolute Gasteiger partial charge is 0.410 e. The van der Waals surface area contributed by atoms with Crippen LogP contribution in [-0.2, 0) is 9.53 Å². The van der Waals surface area contributed by atoms with Gasteiger partial charge in [0, 0.05) is 13.0 Å². The van der Waals surface area contributed by atoms with Gasteiger partial charge in [-0.1, -0.05) is 0 Å². The van der Waals surface area contributed by atoms with Crippen molar-refractivity contribution < 1.29 is 19.4 Å². The molecule has 0 aromatic rings. The van der Waals surface area contributed by atoms with Crippen molar-refractivity contribution in [1.29, 1.82) is 0 Å². The van der Waals surface area contributed by atoms with Crippen LogP contribution in [-0.4, -0.2) is 64.3 Å². The molecule has 18 heavy (non-hydrogen) atoms. The first-order valence-electron chi connectivity index (χ1n) is 6.10. The Kier molecular flexibility index (Phi) is 2.81. The number of carboxylic acids is 1. The SMILES string of the molecule is CN1CC2CC1(C(=O)O)CN2C(=O)OC(C)(C)C. The maximum atomic E-state index is 12.0. The fraction of sp³-hybridized carbons (Fsp3) is 0.833. The van der Waals surface area contributed by atoms with Crippen LogP contribution < -0.4 is 0 Å². The van der Waals surface area contributed by atoms with Gasteiger partial charge in [-0.15, -0.1) is 0 Å². The first kappa shape index (κ1) is 13.1. The van der Waals surface area contributed by atoms with Gasteiger partial charge in [0.2, 0.25) is 0 Å². The van der Waals surface area contributed by atoms with Crippen LogP contribution in [0.2, 0.25) is 0 Å². The number of amides is 1. The molecule has 0 aliphatic carbocycles. The number of carbonyl (C=O) groups is 2. The number of nitrogens with zero attached hydrogens (tertiary/aromatic N) is 2. The molecule has 0 saturated carbocycles. The van der Waals surface area contributed by atoms with E-state index in [2.05, 4.69) is 0 Å². The number of hydrogen-bond donors (Lipinski definition) is 1. The molecule has 2 aliphatic rings. The number of fused-ring (bicyclic) bond motifs is 2. The molecule has 0 spiro atoms. The Hall–Kier alpha value is -1.30. The molecule has 6 nitrogen and oxygen atoms in total. The Morgan fingerprint density at radius 1 is 1.39 bits per heavy atom. The van der Waals surface area contributed by atoms with Gasteiger partial charge in [0.25, 0.3) is 0 Å². The molecule has 102 valence electrons. The number of ether oxygens (including phenoxy) is 1. The summed E-state index contributed by atoms with van der Waals surface area (Å²) in [6, 6.07) is -0.0547. The average Bonchev–Trinajstić information content (AvgIpc) is 2.69. The lowest BCUT2D eigenvalue weighted by Crippen LogP contribution is -2.58.